The molecular formula is C15H17N3S. The summed E-state index contributed by atoms with van der Waals surface area (Å²) in [4.78, 5) is 3.20. The van der Waals surface area contributed by atoms with E-state index in [-0.39, 0.29) is 0 Å². The first-order valence-electron chi connectivity index (χ1n) is 6.81. The van der Waals surface area contributed by atoms with Gasteiger partial charge in [0, 0.05) is 6.54 Å². The fourth-order valence-electron chi connectivity index (χ4n) is 3.07. The Morgan fingerprint density at radius 2 is 2.26 bits per heavy atom. The standard InChI is InChI=1S/C15H17N3S/c1-2-15(7-4-8-15)10-18-12-6-3-5-11(9-16)13(12)17-14(18)19/h3,5-6H,2,4,7-8,10H2,1H3,(H,17,19). The number of hydrogen-bond donors (Lipinski definition) is 1. The summed E-state index contributed by atoms with van der Waals surface area (Å²) in [7, 11) is 0. The van der Waals surface area contributed by atoms with Crippen molar-refractivity contribution in [1.82, 2.24) is 9.55 Å². The van der Waals surface area contributed by atoms with Crippen LogP contribution in [-0.2, 0) is 6.54 Å². The van der Waals surface area contributed by atoms with Crippen LogP contribution in [0.15, 0.2) is 18.2 Å². The average Bonchev–Trinajstić information content (AvgIpc) is 2.69. The maximum absolute atomic E-state index is 9.16. The zero-order valence-corrected chi connectivity index (χ0v) is 11.9. The molecule has 3 nitrogen and oxygen atoms in total. The predicted octanol–water partition coefficient (Wildman–Crippen LogP) is 4.15. The molecule has 4 heteroatoms. The van der Waals surface area contributed by atoms with Crippen molar-refractivity contribution in [2.75, 3.05) is 0 Å². The summed E-state index contributed by atoms with van der Waals surface area (Å²) in [5.41, 5.74) is 3.02. The zero-order chi connectivity index (χ0) is 13.5. The summed E-state index contributed by atoms with van der Waals surface area (Å²) in [5.74, 6) is 0. The van der Waals surface area contributed by atoms with Gasteiger partial charge in [-0.05, 0) is 49.0 Å². The lowest BCUT2D eigenvalue weighted by Crippen LogP contribution is -2.33. The van der Waals surface area contributed by atoms with Gasteiger partial charge in [0.05, 0.1) is 16.6 Å². The Morgan fingerprint density at radius 1 is 1.47 bits per heavy atom. The van der Waals surface area contributed by atoms with E-state index in [2.05, 4.69) is 22.5 Å². The van der Waals surface area contributed by atoms with Crippen molar-refractivity contribution >= 4 is 23.3 Å². The topological polar surface area (TPSA) is 44.5 Å². The molecule has 1 fully saturated rings. The van der Waals surface area contributed by atoms with Crippen molar-refractivity contribution in [1.29, 1.82) is 5.26 Å². The Hall–Kier alpha value is -1.60. The Morgan fingerprint density at radius 3 is 2.84 bits per heavy atom. The molecule has 0 amide bonds. The number of H-pyrrole nitrogens is 1. The molecule has 0 aliphatic heterocycles. The summed E-state index contributed by atoms with van der Waals surface area (Å²) in [5, 5.41) is 9.16. The highest BCUT2D eigenvalue weighted by atomic mass is 32.1. The third kappa shape index (κ3) is 1.89. The zero-order valence-electron chi connectivity index (χ0n) is 11.1. The van der Waals surface area contributed by atoms with Gasteiger partial charge in [-0.3, -0.25) is 0 Å². The Kier molecular flexibility index (Phi) is 2.94. The molecule has 0 radical (unpaired) electrons. The fraction of sp³-hybridized carbons (Fsp3) is 0.467. The SMILES string of the molecule is CCC1(Cn2c(=S)[nH]c3c(C#N)cccc32)CCC1. The normalized spacial score (nSPS) is 17.1. The number of aromatic amines is 1. The monoisotopic (exact) mass is 271 g/mol. The molecule has 1 aromatic carbocycles. The van der Waals surface area contributed by atoms with Crippen LogP contribution in [0.3, 0.4) is 0 Å². The lowest BCUT2D eigenvalue weighted by molar-refractivity contribution is 0.101. The second-order valence-corrected chi connectivity index (χ2v) is 5.92. The van der Waals surface area contributed by atoms with E-state index in [1.54, 1.807) is 0 Å². The molecule has 0 bridgehead atoms. The molecule has 1 heterocycles. The number of hydrogen-bond acceptors (Lipinski definition) is 2. The highest BCUT2D eigenvalue weighted by Gasteiger charge is 2.35. The largest absolute Gasteiger partial charge is 0.329 e. The van der Waals surface area contributed by atoms with Crippen LogP contribution in [0.1, 0.15) is 38.2 Å². The molecule has 0 atom stereocenters. The van der Waals surface area contributed by atoms with Crippen LogP contribution in [-0.4, -0.2) is 9.55 Å². The third-order valence-electron chi connectivity index (χ3n) is 4.59. The van der Waals surface area contributed by atoms with Gasteiger partial charge in [0.25, 0.3) is 0 Å². The van der Waals surface area contributed by atoms with Gasteiger partial charge in [0.2, 0.25) is 0 Å². The number of rotatable bonds is 3. The smallest absolute Gasteiger partial charge is 0.178 e. The van der Waals surface area contributed by atoms with Gasteiger partial charge < -0.3 is 9.55 Å². The lowest BCUT2D eigenvalue weighted by atomic mass is 9.67. The Labute approximate surface area is 117 Å². The minimum Gasteiger partial charge on any atom is -0.329 e. The molecule has 1 aromatic heterocycles. The van der Waals surface area contributed by atoms with Crippen LogP contribution < -0.4 is 0 Å². The molecule has 1 aliphatic rings. The van der Waals surface area contributed by atoms with Gasteiger partial charge in [0.15, 0.2) is 4.77 Å². The number of fused-ring (bicyclic) bond motifs is 1. The van der Waals surface area contributed by atoms with Crippen molar-refractivity contribution in [3.63, 3.8) is 0 Å². The maximum Gasteiger partial charge on any atom is 0.178 e. The predicted molar refractivity (Wildman–Crippen MR) is 78.4 cm³/mol. The molecule has 0 unspecified atom stereocenters. The van der Waals surface area contributed by atoms with Crippen LogP contribution in [0.4, 0.5) is 0 Å². The molecule has 98 valence electrons. The van der Waals surface area contributed by atoms with Gasteiger partial charge in [0.1, 0.15) is 6.07 Å². The fourth-order valence-corrected chi connectivity index (χ4v) is 3.33. The Balaban J connectivity index is 2.12. The lowest BCUT2D eigenvalue weighted by Gasteiger charge is -2.41. The van der Waals surface area contributed by atoms with E-state index in [0.29, 0.717) is 11.0 Å². The summed E-state index contributed by atoms with van der Waals surface area (Å²) in [6.07, 6.45) is 5.10. The van der Waals surface area contributed by atoms with Gasteiger partial charge in [-0.1, -0.05) is 19.4 Å². The maximum atomic E-state index is 9.16. The highest BCUT2D eigenvalue weighted by molar-refractivity contribution is 7.71. The van der Waals surface area contributed by atoms with Crippen LogP contribution in [0.5, 0.6) is 0 Å². The number of benzene rings is 1. The molecule has 0 spiro atoms. The molecular weight excluding hydrogens is 254 g/mol. The molecule has 2 aromatic rings. The van der Waals surface area contributed by atoms with E-state index in [0.717, 1.165) is 22.3 Å². The van der Waals surface area contributed by atoms with Crippen molar-refractivity contribution in [3.05, 3.63) is 28.5 Å². The number of nitrogens with zero attached hydrogens (tertiary/aromatic N) is 2. The molecule has 1 N–H and O–H groups in total. The van der Waals surface area contributed by atoms with Gasteiger partial charge in [-0.2, -0.15) is 5.26 Å². The van der Waals surface area contributed by atoms with Gasteiger partial charge in [-0.25, -0.2) is 0 Å². The second kappa shape index (κ2) is 4.50. The van der Waals surface area contributed by atoms with Crippen LogP contribution in [0, 0.1) is 21.5 Å². The van der Waals surface area contributed by atoms with E-state index >= 15 is 0 Å². The van der Waals surface area contributed by atoms with Crippen LogP contribution >= 0.6 is 12.2 Å². The molecule has 0 saturated heterocycles. The summed E-state index contributed by atoms with van der Waals surface area (Å²) < 4.78 is 2.91. The van der Waals surface area contributed by atoms with Crippen molar-refractivity contribution in [2.45, 2.75) is 39.2 Å². The summed E-state index contributed by atoms with van der Waals surface area (Å²) in [6, 6.07) is 8.03. The molecule has 1 aliphatic carbocycles. The first-order valence-corrected chi connectivity index (χ1v) is 7.21. The number of imidazole rings is 1. The number of para-hydroxylation sites is 1. The van der Waals surface area contributed by atoms with Crippen molar-refractivity contribution in [2.24, 2.45) is 5.41 Å². The van der Waals surface area contributed by atoms with Crippen molar-refractivity contribution < 1.29 is 0 Å². The Bertz CT molecular complexity index is 708. The second-order valence-electron chi connectivity index (χ2n) is 5.53. The van der Waals surface area contributed by atoms with E-state index in [9.17, 15) is 0 Å². The minimum atomic E-state index is 0.413. The molecule has 1 saturated carbocycles. The first-order chi connectivity index (χ1) is 9.19. The summed E-state index contributed by atoms with van der Waals surface area (Å²) in [6.45, 7) is 3.23. The van der Waals surface area contributed by atoms with Gasteiger partial charge in [-0.15, -0.1) is 0 Å². The third-order valence-corrected chi connectivity index (χ3v) is 4.91. The van der Waals surface area contributed by atoms with E-state index in [1.807, 2.05) is 18.2 Å². The number of nitrogens with one attached hydrogen (secondary N) is 1. The van der Waals surface area contributed by atoms with Crippen LogP contribution in [0.25, 0.3) is 11.0 Å². The molecule has 19 heavy (non-hydrogen) atoms. The number of aromatic nitrogens is 2. The van der Waals surface area contributed by atoms with Crippen molar-refractivity contribution in [3.8, 4) is 6.07 Å². The number of nitriles is 1. The minimum absolute atomic E-state index is 0.413. The van der Waals surface area contributed by atoms with E-state index < -0.39 is 0 Å². The quantitative estimate of drug-likeness (QED) is 0.852. The van der Waals surface area contributed by atoms with Gasteiger partial charge >= 0.3 is 0 Å². The molecule has 3 rings (SSSR count). The first kappa shape index (κ1) is 12.4. The highest BCUT2D eigenvalue weighted by Crippen LogP contribution is 2.45. The van der Waals surface area contributed by atoms with Crippen LogP contribution in [0.2, 0.25) is 0 Å². The van der Waals surface area contributed by atoms with E-state index in [1.165, 1.54) is 25.7 Å². The summed E-state index contributed by atoms with van der Waals surface area (Å²) >= 11 is 5.45. The van der Waals surface area contributed by atoms with E-state index in [4.69, 9.17) is 17.5 Å². The average molecular weight is 271 g/mol.